The molecule has 0 aromatic carbocycles. The van der Waals surface area contributed by atoms with E-state index in [1.54, 1.807) is 0 Å². The van der Waals surface area contributed by atoms with E-state index in [9.17, 15) is 9.59 Å². The van der Waals surface area contributed by atoms with Crippen LogP contribution in [0.25, 0.3) is 0 Å². The number of urea groups is 1. The van der Waals surface area contributed by atoms with Gasteiger partial charge in [0, 0.05) is 32.7 Å². The van der Waals surface area contributed by atoms with Gasteiger partial charge in [-0.3, -0.25) is 4.79 Å². The number of carbonyl (C=O) groups is 2. The summed E-state index contributed by atoms with van der Waals surface area (Å²) in [6.07, 6.45) is 5.64. The molecule has 122 valence electrons. The number of unbranched alkanes of at least 4 members (excludes halogenated alkanes) is 3. The summed E-state index contributed by atoms with van der Waals surface area (Å²) in [6.45, 7) is 5.05. The zero-order chi connectivity index (χ0) is 15.6. The fraction of sp³-hybridized carbons (Fsp3) is 0.867. The standard InChI is InChI=1S/C15H28N2O4/c1-15(7-10-21-11-8-15)12-17-14(20)16-9-5-3-2-4-6-13(18)19/h2-12H2,1H3,(H,18,19)(H2,16,17,20). The van der Waals surface area contributed by atoms with Gasteiger partial charge in [0.05, 0.1) is 0 Å². The van der Waals surface area contributed by atoms with Crippen LogP contribution in [0.5, 0.6) is 0 Å². The Morgan fingerprint density at radius 3 is 2.43 bits per heavy atom. The summed E-state index contributed by atoms with van der Waals surface area (Å²) in [7, 11) is 0. The maximum absolute atomic E-state index is 11.7. The Balaban J connectivity index is 1.97. The van der Waals surface area contributed by atoms with E-state index in [-0.39, 0.29) is 17.9 Å². The zero-order valence-electron chi connectivity index (χ0n) is 13.0. The van der Waals surface area contributed by atoms with Gasteiger partial charge in [-0.1, -0.05) is 19.8 Å². The average molecular weight is 300 g/mol. The molecule has 0 radical (unpaired) electrons. The summed E-state index contributed by atoms with van der Waals surface area (Å²) >= 11 is 0. The summed E-state index contributed by atoms with van der Waals surface area (Å²) in [5, 5.41) is 14.3. The molecule has 0 aliphatic carbocycles. The number of nitrogens with one attached hydrogen (secondary N) is 2. The third-order valence-electron chi connectivity index (χ3n) is 3.98. The highest BCUT2D eigenvalue weighted by Crippen LogP contribution is 2.28. The first kappa shape index (κ1) is 17.8. The van der Waals surface area contributed by atoms with Crippen LogP contribution in [0.1, 0.15) is 51.9 Å². The van der Waals surface area contributed by atoms with E-state index >= 15 is 0 Å². The number of carbonyl (C=O) groups excluding carboxylic acids is 1. The molecule has 0 aromatic heterocycles. The maximum Gasteiger partial charge on any atom is 0.314 e. The van der Waals surface area contributed by atoms with Crippen LogP contribution in [0, 0.1) is 5.41 Å². The number of carboxylic acids is 1. The van der Waals surface area contributed by atoms with Crippen LogP contribution in [0.15, 0.2) is 0 Å². The minimum absolute atomic E-state index is 0.117. The molecule has 0 spiro atoms. The van der Waals surface area contributed by atoms with Crippen molar-refractivity contribution in [3.05, 3.63) is 0 Å². The third kappa shape index (κ3) is 8.55. The fourth-order valence-electron chi connectivity index (χ4n) is 2.35. The van der Waals surface area contributed by atoms with Crippen LogP contribution < -0.4 is 10.6 Å². The predicted octanol–water partition coefficient (Wildman–Crippen LogP) is 2.14. The molecule has 0 unspecified atom stereocenters. The van der Waals surface area contributed by atoms with Crippen LogP contribution in [0.2, 0.25) is 0 Å². The van der Waals surface area contributed by atoms with E-state index in [0.717, 1.165) is 45.3 Å². The lowest BCUT2D eigenvalue weighted by atomic mass is 9.82. The number of rotatable bonds is 9. The fourth-order valence-corrected chi connectivity index (χ4v) is 2.35. The molecule has 1 aliphatic heterocycles. The van der Waals surface area contributed by atoms with Gasteiger partial charge in [0.15, 0.2) is 0 Å². The van der Waals surface area contributed by atoms with E-state index in [1.165, 1.54) is 0 Å². The van der Waals surface area contributed by atoms with E-state index in [4.69, 9.17) is 9.84 Å². The Kier molecular flexibility index (Phi) is 8.12. The first-order chi connectivity index (χ1) is 10.0. The molecule has 1 rings (SSSR count). The second-order valence-corrected chi connectivity index (χ2v) is 6.09. The van der Waals surface area contributed by atoms with Crippen LogP contribution in [0.4, 0.5) is 4.79 Å². The first-order valence-electron chi connectivity index (χ1n) is 7.83. The van der Waals surface area contributed by atoms with Crippen molar-refractivity contribution in [1.82, 2.24) is 10.6 Å². The van der Waals surface area contributed by atoms with E-state index in [1.807, 2.05) is 0 Å². The Labute approximate surface area is 126 Å². The van der Waals surface area contributed by atoms with Gasteiger partial charge in [0.25, 0.3) is 0 Å². The van der Waals surface area contributed by atoms with Crippen molar-refractivity contribution < 1.29 is 19.4 Å². The molecular formula is C15H28N2O4. The molecule has 1 fully saturated rings. The van der Waals surface area contributed by atoms with Crippen molar-refractivity contribution in [3.63, 3.8) is 0 Å². The molecule has 21 heavy (non-hydrogen) atoms. The van der Waals surface area contributed by atoms with Crippen molar-refractivity contribution in [3.8, 4) is 0 Å². The first-order valence-corrected chi connectivity index (χ1v) is 7.83. The van der Waals surface area contributed by atoms with E-state index in [0.29, 0.717) is 19.5 Å². The topological polar surface area (TPSA) is 87.7 Å². The highest BCUT2D eigenvalue weighted by Gasteiger charge is 2.27. The summed E-state index contributed by atoms with van der Waals surface area (Å²) in [6, 6.07) is -0.117. The van der Waals surface area contributed by atoms with Gasteiger partial charge < -0.3 is 20.5 Å². The number of amides is 2. The SMILES string of the molecule is CC1(CNC(=O)NCCCCCCC(=O)O)CCOCC1. The van der Waals surface area contributed by atoms with Crippen LogP contribution in [-0.2, 0) is 9.53 Å². The van der Waals surface area contributed by atoms with Crippen molar-refractivity contribution in [2.75, 3.05) is 26.3 Å². The summed E-state index contributed by atoms with van der Waals surface area (Å²) < 4.78 is 5.33. The van der Waals surface area contributed by atoms with E-state index in [2.05, 4.69) is 17.6 Å². The predicted molar refractivity (Wildman–Crippen MR) is 80.3 cm³/mol. The van der Waals surface area contributed by atoms with Crippen molar-refractivity contribution >= 4 is 12.0 Å². The van der Waals surface area contributed by atoms with Gasteiger partial charge >= 0.3 is 12.0 Å². The molecular weight excluding hydrogens is 272 g/mol. The molecule has 6 nitrogen and oxygen atoms in total. The van der Waals surface area contributed by atoms with Gasteiger partial charge in [-0.15, -0.1) is 0 Å². The molecule has 1 saturated heterocycles. The largest absolute Gasteiger partial charge is 0.481 e. The van der Waals surface area contributed by atoms with Gasteiger partial charge in [-0.2, -0.15) is 0 Å². The number of hydrogen-bond donors (Lipinski definition) is 3. The number of carboxylic acid groups (broad SMARTS) is 1. The molecule has 0 bridgehead atoms. The third-order valence-corrected chi connectivity index (χ3v) is 3.98. The average Bonchev–Trinajstić information content (AvgIpc) is 2.45. The second kappa shape index (κ2) is 9.60. The van der Waals surface area contributed by atoms with Gasteiger partial charge in [-0.25, -0.2) is 4.79 Å². The zero-order valence-corrected chi connectivity index (χ0v) is 13.0. The van der Waals surface area contributed by atoms with Gasteiger partial charge in [-0.05, 0) is 31.1 Å². The lowest BCUT2D eigenvalue weighted by molar-refractivity contribution is -0.137. The highest BCUT2D eigenvalue weighted by atomic mass is 16.5. The minimum Gasteiger partial charge on any atom is -0.481 e. The van der Waals surface area contributed by atoms with Crippen molar-refractivity contribution in [2.45, 2.75) is 51.9 Å². The van der Waals surface area contributed by atoms with Crippen LogP contribution in [0.3, 0.4) is 0 Å². The number of hydrogen-bond acceptors (Lipinski definition) is 3. The molecule has 0 aromatic rings. The smallest absolute Gasteiger partial charge is 0.314 e. The summed E-state index contributed by atoms with van der Waals surface area (Å²) in [4.78, 5) is 22.0. The monoisotopic (exact) mass is 300 g/mol. The molecule has 0 atom stereocenters. The van der Waals surface area contributed by atoms with Gasteiger partial charge in [0.1, 0.15) is 0 Å². The molecule has 2 amide bonds. The Morgan fingerprint density at radius 1 is 1.10 bits per heavy atom. The van der Waals surface area contributed by atoms with E-state index < -0.39 is 5.97 Å². The van der Waals surface area contributed by atoms with Crippen molar-refractivity contribution in [2.24, 2.45) is 5.41 Å². The Bertz CT molecular complexity index is 328. The molecule has 6 heteroatoms. The van der Waals surface area contributed by atoms with Crippen LogP contribution >= 0.6 is 0 Å². The molecule has 1 heterocycles. The quantitative estimate of drug-likeness (QED) is 0.569. The second-order valence-electron chi connectivity index (χ2n) is 6.09. The molecule has 1 aliphatic rings. The van der Waals surface area contributed by atoms with Crippen LogP contribution in [-0.4, -0.2) is 43.4 Å². The lowest BCUT2D eigenvalue weighted by Gasteiger charge is -2.33. The number of ether oxygens (including phenoxy) is 1. The Morgan fingerprint density at radius 2 is 1.76 bits per heavy atom. The Hall–Kier alpha value is -1.30. The summed E-state index contributed by atoms with van der Waals surface area (Å²) in [5.74, 6) is -0.742. The maximum atomic E-state index is 11.7. The van der Waals surface area contributed by atoms with Gasteiger partial charge in [0.2, 0.25) is 0 Å². The number of aliphatic carboxylic acids is 1. The lowest BCUT2D eigenvalue weighted by Crippen LogP contribution is -2.43. The van der Waals surface area contributed by atoms with Crippen molar-refractivity contribution in [1.29, 1.82) is 0 Å². The normalized spacial score (nSPS) is 17.2. The minimum atomic E-state index is -0.742. The molecule has 3 N–H and O–H groups in total. The highest BCUT2D eigenvalue weighted by molar-refractivity contribution is 5.73. The summed E-state index contributed by atoms with van der Waals surface area (Å²) in [5.41, 5.74) is 0.145. The molecule has 0 saturated carbocycles.